The molecular weight excluding hydrogens is 228 g/mol. The SMILES string of the molecule is CCNC1CCCc2cn(CC(=O)OCC)cc21. The first kappa shape index (κ1) is 13.1. The molecule has 4 nitrogen and oxygen atoms in total. The van der Waals surface area contributed by atoms with E-state index in [1.165, 1.54) is 24.0 Å². The van der Waals surface area contributed by atoms with Gasteiger partial charge in [-0.05, 0) is 43.9 Å². The van der Waals surface area contributed by atoms with Gasteiger partial charge in [0.25, 0.3) is 0 Å². The third-order valence-corrected chi connectivity index (χ3v) is 3.38. The van der Waals surface area contributed by atoms with Crippen molar-refractivity contribution < 1.29 is 9.53 Å². The molecule has 1 aromatic heterocycles. The lowest BCUT2D eigenvalue weighted by Crippen LogP contribution is -2.23. The molecule has 0 fully saturated rings. The zero-order valence-electron chi connectivity index (χ0n) is 11.2. The number of ether oxygens (including phenoxy) is 1. The van der Waals surface area contributed by atoms with Crippen LogP contribution in [0.5, 0.6) is 0 Å². The van der Waals surface area contributed by atoms with Crippen LogP contribution in [0.1, 0.15) is 43.9 Å². The minimum Gasteiger partial charge on any atom is -0.465 e. The van der Waals surface area contributed by atoms with Gasteiger partial charge in [-0.25, -0.2) is 0 Å². The fourth-order valence-electron chi connectivity index (χ4n) is 2.65. The average Bonchev–Trinajstić information content (AvgIpc) is 2.73. The molecule has 1 aliphatic rings. The van der Waals surface area contributed by atoms with Gasteiger partial charge in [0, 0.05) is 18.4 Å². The Balaban J connectivity index is 2.09. The van der Waals surface area contributed by atoms with E-state index in [4.69, 9.17) is 4.74 Å². The van der Waals surface area contributed by atoms with Crippen molar-refractivity contribution in [1.29, 1.82) is 0 Å². The van der Waals surface area contributed by atoms with Crippen LogP contribution in [0.4, 0.5) is 0 Å². The second kappa shape index (κ2) is 6.05. The van der Waals surface area contributed by atoms with Gasteiger partial charge in [0.1, 0.15) is 6.54 Å². The van der Waals surface area contributed by atoms with E-state index in [9.17, 15) is 4.79 Å². The van der Waals surface area contributed by atoms with Gasteiger partial charge in [-0.15, -0.1) is 0 Å². The van der Waals surface area contributed by atoms with Crippen LogP contribution in [0.2, 0.25) is 0 Å². The third kappa shape index (κ3) is 2.93. The van der Waals surface area contributed by atoms with E-state index in [2.05, 4.69) is 24.6 Å². The van der Waals surface area contributed by atoms with Crippen molar-refractivity contribution in [1.82, 2.24) is 9.88 Å². The van der Waals surface area contributed by atoms with Gasteiger partial charge in [-0.1, -0.05) is 6.92 Å². The van der Waals surface area contributed by atoms with Crippen LogP contribution in [0.25, 0.3) is 0 Å². The molecule has 0 bridgehead atoms. The first-order chi connectivity index (χ1) is 8.74. The van der Waals surface area contributed by atoms with E-state index in [1.807, 2.05) is 11.5 Å². The minimum absolute atomic E-state index is 0.162. The number of nitrogens with one attached hydrogen (secondary N) is 1. The molecule has 0 saturated heterocycles. The fourth-order valence-corrected chi connectivity index (χ4v) is 2.65. The van der Waals surface area contributed by atoms with Gasteiger partial charge in [0.2, 0.25) is 0 Å². The summed E-state index contributed by atoms with van der Waals surface area (Å²) in [5.41, 5.74) is 2.73. The van der Waals surface area contributed by atoms with Crippen LogP contribution in [0, 0.1) is 0 Å². The molecule has 0 radical (unpaired) electrons. The number of hydrogen-bond acceptors (Lipinski definition) is 3. The summed E-state index contributed by atoms with van der Waals surface area (Å²) in [5.74, 6) is -0.162. The molecule has 1 aromatic rings. The molecule has 1 heterocycles. The Bertz CT molecular complexity index is 412. The summed E-state index contributed by atoms with van der Waals surface area (Å²) < 4.78 is 6.93. The van der Waals surface area contributed by atoms with E-state index in [0.717, 1.165) is 13.0 Å². The number of rotatable bonds is 5. The molecular formula is C14H22N2O2. The Morgan fingerprint density at radius 3 is 3.06 bits per heavy atom. The summed E-state index contributed by atoms with van der Waals surface area (Å²) in [6.07, 6.45) is 7.71. The number of aromatic nitrogens is 1. The van der Waals surface area contributed by atoms with Crippen LogP contribution in [0.3, 0.4) is 0 Å². The monoisotopic (exact) mass is 250 g/mol. The molecule has 0 aliphatic heterocycles. The number of carbonyl (C=O) groups excluding carboxylic acids is 1. The smallest absolute Gasteiger partial charge is 0.325 e. The van der Waals surface area contributed by atoms with Crippen LogP contribution >= 0.6 is 0 Å². The molecule has 1 atom stereocenters. The molecule has 1 unspecified atom stereocenters. The standard InChI is InChI=1S/C14H22N2O2/c1-3-15-13-7-5-6-11-8-16(9-12(11)13)10-14(17)18-4-2/h8-9,13,15H,3-7,10H2,1-2H3. The summed E-state index contributed by atoms with van der Waals surface area (Å²) in [7, 11) is 0. The van der Waals surface area contributed by atoms with Crippen LogP contribution in [0.15, 0.2) is 12.4 Å². The first-order valence-electron chi connectivity index (χ1n) is 6.82. The lowest BCUT2D eigenvalue weighted by Gasteiger charge is -2.22. The maximum Gasteiger partial charge on any atom is 0.325 e. The number of carbonyl (C=O) groups is 1. The summed E-state index contributed by atoms with van der Waals surface area (Å²) in [6, 6.07) is 0.446. The number of fused-ring (bicyclic) bond motifs is 1. The van der Waals surface area contributed by atoms with Crippen molar-refractivity contribution in [2.75, 3.05) is 13.2 Å². The average molecular weight is 250 g/mol. The number of nitrogens with zero attached hydrogens (tertiary/aromatic N) is 1. The summed E-state index contributed by atoms with van der Waals surface area (Å²) in [6.45, 7) is 5.70. The summed E-state index contributed by atoms with van der Waals surface area (Å²) in [4.78, 5) is 11.5. The molecule has 0 aromatic carbocycles. The highest BCUT2D eigenvalue weighted by Crippen LogP contribution is 2.30. The van der Waals surface area contributed by atoms with E-state index in [0.29, 0.717) is 19.2 Å². The molecule has 0 spiro atoms. The molecule has 1 aliphatic carbocycles. The summed E-state index contributed by atoms with van der Waals surface area (Å²) in [5, 5.41) is 3.50. The van der Waals surface area contributed by atoms with Crippen molar-refractivity contribution in [3.05, 3.63) is 23.5 Å². The third-order valence-electron chi connectivity index (χ3n) is 3.38. The first-order valence-corrected chi connectivity index (χ1v) is 6.82. The van der Waals surface area contributed by atoms with Crippen LogP contribution in [-0.4, -0.2) is 23.7 Å². The lowest BCUT2D eigenvalue weighted by molar-refractivity contribution is -0.143. The highest BCUT2D eigenvalue weighted by Gasteiger charge is 2.21. The minimum atomic E-state index is -0.162. The second-order valence-electron chi connectivity index (χ2n) is 4.72. The molecule has 18 heavy (non-hydrogen) atoms. The van der Waals surface area contributed by atoms with Crippen molar-refractivity contribution in [2.45, 2.75) is 45.7 Å². The predicted octanol–water partition coefficient (Wildman–Crippen LogP) is 2.04. The zero-order valence-corrected chi connectivity index (χ0v) is 11.2. The number of esters is 1. The van der Waals surface area contributed by atoms with Gasteiger partial charge in [-0.3, -0.25) is 4.79 Å². The Labute approximate surface area is 108 Å². The zero-order chi connectivity index (χ0) is 13.0. The molecule has 100 valence electrons. The fraction of sp³-hybridized carbons (Fsp3) is 0.643. The van der Waals surface area contributed by atoms with Gasteiger partial charge in [0.05, 0.1) is 6.61 Å². The van der Waals surface area contributed by atoms with Gasteiger partial charge in [0.15, 0.2) is 0 Å². The maximum atomic E-state index is 11.5. The molecule has 0 amide bonds. The molecule has 2 rings (SSSR count). The topological polar surface area (TPSA) is 43.3 Å². The van der Waals surface area contributed by atoms with Crippen LogP contribution in [-0.2, 0) is 22.5 Å². The number of hydrogen-bond donors (Lipinski definition) is 1. The number of aryl methyl sites for hydroxylation is 1. The van der Waals surface area contributed by atoms with E-state index < -0.39 is 0 Å². The maximum absolute atomic E-state index is 11.5. The molecule has 1 N–H and O–H groups in total. The van der Waals surface area contributed by atoms with Gasteiger partial charge in [-0.2, -0.15) is 0 Å². The van der Waals surface area contributed by atoms with Gasteiger partial charge >= 0.3 is 5.97 Å². The lowest BCUT2D eigenvalue weighted by atomic mass is 9.91. The van der Waals surface area contributed by atoms with Crippen molar-refractivity contribution >= 4 is 5.97 Å². The largest absolute Gasteiger partial charge is 0.465 e. The molecule has 0 saturated carbocycles. The second-order valence-corrected chi connectivity index (χ2v) is 4.72. The predicted molar refractivity (Wildman–Crippen MR) is 70.4 cm³/mol. The highest BCUT2D eigenvalue weighted by molar-refractivity contribution is 5.69. The van der Waals surface area contributed by atoms with E-state index >= 15 is 0 Å². The quantitative estimate of drug-likeness (QED) is 0.813. The van der Waals surface area contributed by atoms with Crippen molar-refractivity contribution in [3.63, 3.8) is 0 Å². The van der Waals surface area contributed by atoms with Crippen molar-refractivity contribution in [3.8, 4) is 0 Å². The van der Waals surface area contributed by atoms with Crippen molar-refractivity contribution in [2.24, 2.45) is 0 Å². The Morgan fingerprint density at radius 2 is 2.33 bits per heavy atom. The Morgan fingerprint density at radius 1 is 1.50 bits per heavy atom. The Kier molecular flexibility index (Phi) is 4.42. The normalized spacial score (nSPS) is 18.4. The van der Waals surface area contributed by atoms with E-state index in [-0.39, 0.29) is 5.97 Å². The van der Waals surface area contributed by atoms with Gasteiger partial charge < -0.3 is 14.6 Å². The summed E-state index contributed by atoms with van der Waals surface area (Å²) >= 11 is 0. The van der Waals surface area contributed by atoms with E-state index in [1.54, 1.807) is 0 Å². The Hall–Kier alpha value is -1.29. The molecule has 4 heteroatoms. The highest BCUT2D eigenvalue weighted by atomic mass is 16.5. The van der Waals surface area contributed by atoms with Crippen LogP contribution < -0.4 is 5.32 Å².